The first-order valence-electron chi connectivity index (χ1n) is 6.06. The lowest BCUT2D eigenvalue weighted by atomic mass is 10.1. The van der Waals surface area contributed by atoms with E-state index in [-0.39, 0.29) is 12.1 Å². The van der Waals surface area contributed by atoms with Gasteiger partial charge in [-0.2, -0.15) is 0 Å². The fourth-order valence-corrected chi connectivity index (χ4v) is 1.78. The molecule has 0 aliphatic heterocycles. The molecule has 1 unspecified atom stereocenters. The Morgan fingerprint density at radius 3 is 2.59 bits per heavy atom. The summed E-state index contributed by atoms with van der Waals surface area (Å²) in [4.78, 5) is 0. The quantitative estimate of drug-likeness (QED) is 0.795. The highest BCUT2D eigenvalue weighted by Crippen LogP contribution is 2.20. The van der Waals surface area contributed by atoms with Crippen molar-refractivity contribution < 1.29 is 9.84 Å². The Bertz CT molecular complexity index is 365. The van der Waals surface area contributed by atoms with Gasteiger partial charge in [0.25, 0.3) is 0 Å². The highest BCUT2D eigenvalue weighted by atomic mass is 16.5. The van der Waals surface area contributed by atoms with Crippen LogP contribution in [-0.2, 0) is 0 Å². The van der Waals surface area contributed by atoms with E-state index in [9.17, 15) is 5.11 Å². The van der Waals surface area contributed by atoms with E-state index in [1.807, 2.05) is 32.9 Å². The number of benzene rings is 1. The van der Waals surface area contributed by atoms with Crippen molar-refractivity contribution in [2.45, 2.75) is 33.2 Å². The molecule has 0 saturated carbocycles. The van der Waals surface area contributed by atoms with Crippen LogP contribution in [0.4, 0.5) is 0 Å². The lowest BCUT2D eigenvalue weighted by molar-refractivity contribution is 0.117. The van der Waals surface area contributed by atoms with Gasteiger partial charge in [0.05, 0.1) is 12.1 Å². The lowest BCUT2D eigenvalue weighted by Crippen LogP contribution is -2.50. The standard InChI is InChI=1S/C14H23NO2/c1-5-15-14(4,9-16)10-17-13-7-6-11(2)8-12(13)3/h6-8,15-16H,5,9-10H2,1-4H3. The largest absolute Gasteiger partial charge is 0.491 e. The Balaban J connectivity index is 2.65. The molecule has 1 aromatic rings. The molecule has 0 bridgehead atoms. The molecule has 2 N–H and O–H groups in total. The van der Waals surface area contributed by atoms with E-state index in [0.29, 0.717) is 6.61 Å². The second-order valence-corrected chi connectivity index (χ2v) is 4.81. The maximum absolute atomic E-state index is 9.37. The molecule has 1 aromatic carbocycles. The van der Waals surface area contributed by atoms with Crippen LogP contribution in [0.25, 0.3) is 0 Å². The zero-order valence-electron chi connectivity index (χ0n) is 11.2. The van der Waals surface area contributed by atoms with Crippen LogP contribution >= 0.6 is 0 Å². The van der Waals surface area contributed by atoms with Crippen molar-refractivity contribution in [2.24, 2.45) is 0 Å². The predicted molar refractivity (Wildman–Crippen MR) is 70.6 cm³/mol. The Morgan fingerprint density at radius 2 is 2.06 bits per heavy atom. The zero-order chi connectivity index (χ0) is 12.9. The second-order valence-electron chi connectivity index (χ2n) is 4.81. The van der Waals surface area contributed by atoms with Crippen molar-refractivity contribution in [3.8, 4) is 5.75 Å². The summed E-state index contributed by atoms with van der Waals surface area (Å²) >= 11 is 0. The highest BCUT2D eigenvalue weighted by Gasteiger charge is 2.23. The van der Waals surface area contributed by atoms with Gasteiger partial charge in [0.1, 0.15) is 12.4 Å². The molecule has 0 aliphatic carbocycles. The van der Waals surface area contributed by atoms with Crippen LogP contribution in [0.3, 0.4) is 0 Å². The van der Waals surface area contributed by atoms with E-state index in [1.54, 1.807) is 0 Å². The molecule has 0 radical (unpaired) electrons. The van der Waals surface area contributed by atoms with Crippen molar-refractivity contribution in [1.82, 2.24) is 5.32 Å². The Hall–Kier alpha value is -1.06. The first-order valence-corrected chi connectivity index (χ1v) is 6.06. The average molecular weight is 237 g/mol. The van der Waals surface area contributed by atoms with Gasteiger partial charge in [-0.05, 0) is 38.9 Å². The number of rotatable bonds is 6. The minimum atomic E-state index is -0.383. The number of hydrogen-bond donors (Lipinski definition) is 2. The van der Waals surface area contributed by atoms with Crippen LogP contribution in [0.2, 0.25) is 0 Å². The summed E-state index contributed by atoms with van der Waals surface area (Å²) in [5.74, 6) is 0.883. The third-order valence-corrected chi connectivity index (χ3v) is 2.83. The van der Waals surface area contributed by atoms with Crippen molar-refractivity contribution in [3.63, 3.8) is 0 Å². The zero-order valence-corrected chi connectivity index (χ0v) is 11.2. The minimum absolute atomic E-state index is 0.0613. The fraction of sp³-hybridized carbons (Fsp3) is 0.571. The van der Waals surface area contributed by atoms with E-state index in [2.05, 4.69) is 18.3 Å². The first-order chi connectivity index (χ1) is 8.00. The maximum Gasteiger partial charge on any atom is 0.122 e. The fourth-order valence-electron chi connectivity index (χ4n) is 1.78. The number of hydrogen-bond acceptors (Lipinski definition) is 3. The van der Waals surface area contributed by atoms with Crippen molar-refractivity contribution in [2.75, 3.05) is 19.8 Å². The Morgan fingerprint density at radius 1 is 1.35 bits per heavy atom. The normalized spacial score (nSPS) is 14.4. The van der Waals surface area contributed by atoms with E-state index < -0.39 is 0 Å². The third-order valence-electron chi connectivity index (χ3n) is 2.83. The van der Waals surface area contributed by atoms with E-state index in [4.69, 9.17) is 4.74 Å². The molecule has 0 aromatic heterocycles. The second kappa shape index (κ2) is 6.03. The van der Waals surface area contributed by atoms with Gasteiger partial charge in [-0.25, -0.2) is 0 Å². The van der Waals surface area contributed by atoms with E-state index >= 15 is 0 Å². The maximum atomic E-state index is 9.37. The lowest BCUT2D eigenvalue weighted by Gasteiger charge is -2.28. The summed E-state index contributed by atoms with van der Waals surface area (Å²) in [6.45, 7) is 9.41. The third kappa shape index (κ3) is 4.02. The van der Waals surface area contributed by atoms with Crippen molar-refractivity contribution in [1.29, 1.82) is 0 Å². The number of likely N-dealkylation sites (N-methyl/N-ethyl adjacent to an activating group) is 1. The van der Waals surface area contributed by atoms with Crippen LogP contribution in [0.1, 0.15) is 25.0 Å². The van der Waals surface area contributed by atoms with Gasteiger partial charge >= 0.3 is 0 Å². The van der Waals surface area contributed by atoms with Gasteiger partial charge in [-0.1, -0.05) is 24.6 Å². The molecule has 0 heterocycles. The molecule has 1 atom stereocenters. The first kappa shape index (κ1) is 14.0. The van der Waals surface area contributed by atoms with Gasteiger partial charge < -0.3 is 15.2 Å². The smallest absolute Gasteiger partial charge is 0.122 e. The molecular formula is C14H23NO2. The van der Waals surface area contributed by atoms with Crippen LogP contribution in [0.5, 0.6) is 5.75 Å². The number of nitrogens with one attached hydrogen (secondary N) is 1. The van der Waals surface area contributed by atoms with Crippen LogP contribution in [0.15, 0.2) is 18.2 Å². The molecule has 0 fully saturated rings. The summed E-state index contributed by atoms with van der Waals surface area (Å²) in [6.07, 6.45) is 0. The molecule has 0 spiro atoms. The summed E-state index contributed by atoms with van der Waals surface area (Å²) in [7, 11) is 0. The van der Waals surface area contributed by atoms with Crippen LogP contribution in [-0.4, -0.2) is 30.4 Å². The summed E-state index contributed by atoms with van der Waals surface area (Å²) < 4.78 is 5.78. The highest BCUT2D eigenvalue weighted by molar-refractivity contribution is 5.35. The minimum Gasteiger partial charge on any atom is -0.491 e. The molecule has 1 rings (SSSR count). The van der Waals surface area contributed by atoms with Crippen molar-refractivity contribution in [3.05, 3.63) is 29.3 Å². The average Bonchev–Trinajstić information content (AvgIpc) is 2.28. The number of aliphatic hydroxyl groups is 1. The molecule has 3 heteroatoms. The molecule has 17 heavy (non-hydrogen) atoms. The van der Waals surface area contributed by atoms with Gasteiger partial charge in [0, 0.05) is 0 Å². The molecule has 0 amide bonds. The van der Waals surface area contributed by atoms with Crippen LogP contribution < -0.4 is 10.1 Å². The summed E-state index contributed by atoms with van der Waals surface area (Å²) in [5.41, 5.74) is 1.97. The van der Waals surface area contributed by atoms with Gasteiger partial charge in [-0.3, -0.25) is 0 Å². The van der Waals surface area contributed by atoms with Gasteiger partial charge in [-0.15, -0.1) is 0 Å². The number of aliphatic hydroxyl groups excluding tert-OH is 1. The predicted octanol–water partition coefficient (Wildman–Crippen LogP) is 2.04. The molecule has 0 saturated heterocycles. The number of ether oxygens (including phenoxy) is 1. The SMILES string of the molecule is CCNC(C)(CO)COc1ccc(C)cc1C. The monoisotopic (exact) mass is 237 g/mol. The van der Waals surface area contributed by atoms with E-state index in [0.717, 1.165) is 17.9 Å². The molecule has 3 nitrogen and oxygen atoms in total. The Labute approximate surface area is 104 Å². The van der Waals surface area contributed by atoms with Gasteiger partial charge in [0.2, 0.25) is 0 Å². The van der Waals surface area contributed by atoms with Crippen LogP contribution in [0, 0.1) is 13.8 Å². The van der Waals surface area contributed by atoms with Crippen molar-refractivity contribution >= 4 is 0 Å². The van der Waals surface area contributed by atoms with E-state index in [1.165, 1.54) is 5.56 Å². The summed E-state index contributed by atoms with van der Waals surface area (Å²) in [6, 6.07) is 6.11. The molecule has 96 valence electrons. The molecule has 0 aliphatic rings. The number of aryl methyl sites for hydroxylation is 2. The molecular weight excluding hydrogens is 214 g/mol. The summed E-state index contributed by atoms with van der Waals surface area (Å²) in [5, 5.41) is 12.6. The van der Waals surface area contributed by atoms with Gasteiger partial charge in [0.15, 0.2) is 0 Å². The Kier molecular flexibility index (Phi) is 4.97. The topological polar surface area (TPSA) is 41.5 Å².